The molecular weight excluding hydrogens is 274 g/mol. The minimum Gasteiger partial charge on any atom is -0.492 e. The van der Waals surface area contributed by atoms with Crippen LogP contribution in [0.2, 0.25) is 5.02 Å². The average Bonchev–Trinajstić information content (AvgIpc) is 2.49. The molecule has 0 N–H and O–H groups in total. The Morgan fingerprint density at radius 2 is 1.70 bits per heavy atom. The van der Waals surface area contributed by atoms with Crippen LogP contribution < -0.4 is 9.47 Å². The van der Waals surface area contributed by atoms with Gasteiger partial charge in [0.15, 0.2) is 0 Å². The summed E-state index contributed by atoms with van der Waals surface area (Å²) in [6.45, 7) is 1.38. The molecule has 0 spiro atoms. The average molecular weight is 292 g/mol. The van der Waals surface area contributed by atoms with Crippen LogP contribution in [0, 0.1) is 0 Å². The van der Waals surface area contributed by atoms with Crippen molar-refractivity contribution in [2.24, 2.45) is 0 Å². The molecule has 0 saturated heterocycles. The van der Waals surface area contributed by atoms with Gasteiger partial charge < -0.3 is 9.47 Å². The Kier molecular flexibility index (Phi) is 6.18. The molecule has 2 rings (SSSR count). The Morgan fingerprint density at radius 1 is 0.900 bits per heavy atom. The van der Waals surface area contributed by atoms with E-state index in [2.05, 4.69) is 4.98 Å². The van der Waals surface area contributed by atoms with E-state index in [0.29, 0.717) is 18.2 Å². The van der Waals surface area contributed by atoms with Crippen molar-refractivity contribution < 1.29 is 9.47 Å². The number of halogens is 1. The maximum absolute atomic E-state index is 6.00. The fraction of sp³-hybridized carbons (Fsp3) is 0.312. The van der Waals surface area contributed by atoms with Crippen molar-refractivity contribution >= 4 is 11.6 Å². The molecule has 0 bridgehead atoms. The molecule has 0 amide bonds. The van der Waals surface area contributed by atoms with Crippen LogP contribution in [0.1, 0.15) is 19.3 Å². The lowest BCUT2D eigenvalue weighted by molar-refractivity contribution is 0.279. The molecule has 20 heavy (non-hydrogen) atoms. The summed E-state index contributed by atoms with van der Waals surface area (Å²) in [5, 5.41) is 0.660. The summed E-state index contributed by atoms with van der Waals surface area (Å²) in [4.78, 5) is 4.00. The highest BCUT2D eigenvalue weighted by Gasteiger charge is 1.99. The maximum Gasteiger partial charge on any atom is 0.137 e. The van der Waals surface area contributed by atoms with E-state index in [4.69, 9.17) is 21.1 Å². The molecule has 0 aliphatic carbocycles. The number of ether oxygens (including phenoxy) is 2. The number of unbranched alkanes of at least 4 members (excludes halogenated alkanes) is 2. The molecule has 0 saturated carbocycles. The Balaban J connectivity index is 1.53. The zero-order valence-corrected chi connectivity index (χ0v) is 12.1. The Labute approximate surface area is 124 Å². The van der Waals surface area contributed by atoms with Crippen LogP contribution in [0.4, 0.5) is 0 Å². The van der Waals surface area contributed by atoms with Crippen LogP contribution in [-0.2, 0) is 0 Å². The minimum absolute atomic E-state index is 0.660. The van der Waals surface area contributed by atoms with Gasteiger partial charge in [-0.3, -0.25) is 4.98 Å². The van der Waals surface area contributed by atoms with E-state index < -0.39 is 0 Å². The third kappa shape index (κ3) is 5.10. The lowest BCUT2D eigenvalue weighted by Gasteiger charge is -2.08. The Bertz CT molecular complexity index is 505. The number of para-hydroxylation sites is 1. The van der Waals surface area contributed by atoms with E-state index in [0.717, 1.165) is 30.8 Å². The number of benzene rings is 1. The van der Waals surface area contributed by atoms with E-state index in [1.807, 2.05) is 36.4 Å². The van der Waals surface area contributed by atoms with Gasteiger partial charge in [-0.05, 0) is 43.5 Å². The summed E-state index contributed by atoms with van der Waals surface area (Å²) in [6, 6.07) is 11.3. The molecule has 0 unspecified atom stereocenters. The van der Waals surface area contributed by atoms with Crippen LogP contribution >= 0.6 is 11.6 Å². The van der Waals surface area contributed by atoms with Crippen molar-refractivity contribution in [1.29, 1.82) is 0 Å². The van der Waals surface area contributed by atoms with Crippen molar-refractivity contribution in [3.05, 3.63) is 53.8 Å². The first kappa shape index (κ1) is 14.7. The Hall–Kier alpha value is -1.74. The van der Waals surface area contributed by atoms with Crippen LogP contribution in [0.5, 0.6) is 11.5 Å². The molecule has 3 nitrogen and oxygen atoms in total. The zero-order valence-electron chi connectivity index (χ0n) is 11.3. The number of hydrogen-bond donors (Lipinski definition) is 0. The van der Waals surface area contributed by atoms with Gasteiger partial charge in [0.25, 0.3) is 0 Å². The SMILES string of the molecule is Clc1ccccc1OCCCCCOc1cccnc1. The molecular formula is C16H18ClNO2. The molecule has 0 atom stereocenters. The molecule has 1 aromatic heterocycles. The van der Waals surface area contributed by atoms with Gasteiger partial charge in [-0.1, -0.05) is 23.7 Å². The monoisotopic (exact) mass is 291 g/mol. The predicted octanol–water partition coefficient (Wildman–Crippen LogP) is 4.36. The molecule has 4 heteroatoms. The van der Waals surface area contributed by atoms with Crippen molar-refractivity contribution in [3.8, 4) is 11.5 Å². The van der Waals surface area contributed by atoms with Gasteiger partial charge in [-0.15, -0.1) is 0 Å². The topological polar surface area (TPSA) is 31.4 Å². The largest absolute Gasteiger partial charge is 0.492 e. The lowest BCUT2D eigenvalue weighted by Crippen LogP contribution is -2.01. The highest BCUT2D eigenvalue weighted by Crippen LogP contribution is 2.23. The van der Waals surface area contributed by atoms with Gasteiger partial charge in [0.2, 0.25) is 0 Å². The lowest BCUT2D eigenvalue weighted by atomic mass is 10.2. The molecule has 0 fully saturated rings. The first-order chi connectivity index (χ1) is 9.86. The summed E-state index contributed by atoms with van der Waals surface area (Å²) >= 11 is 6.00. The number of aromatic nitrogens is 1. The quantitative estimate of drug-likeness (QED) is 0.677. The molecule has 0 aliphatic rings. The molecule has 106 valence electrons. The second-order valence-corrected chi connectivity index (χ2v) is 4.78. The van der Waals surface area contributed by atoms with Crippen molar-refractivity contribution in [3.63, 3.8) is 0 Å². The number of nitrogens with zero attached hydrogens (tertiary/aromatic N) is 1. The van der Waals surface area contributed by atoms with Crippen molar-refractivity contribution in [2.75, 3.05) is 13.2 Å². The second kappa shape index (κ2) is 8.43. The number of pyridine rings is 1. The van der Waals surface area contributed by atoms with Gasteiger partial charge >= 0.3 is 0 Å². The van der Waals surface area contributed by atoms with Crippen LogP contribution in [0.3, 0.4) is 0 Å². The molecule has 0 aliphatic heterocycles. The van der Waals surface area contributed by atoms with E-state index >= 15 is 0 Å². The fourth-order valence-electron chi connectivity index (χ4n) is 1.75. The maximum atomic E-state index is 6.00. The van der Waals surface area contributed by atoms with E-state index in [1.54, 1.807) is 12.4 Å². The standard InChI is InChI=1S/C16H18ClNO2/c17-15-8-2-3-9-16(15)20-12-5-1-4-11-19-14-7-6-10-18-13-14/h2-3,6-10,13H,1,4-5,11-12H2. The van der Waals surface area contributed by atoms with E-state index in [-0.39, 0.29) is 0 Å². The third-order valence-electron chi connectivity index (χ3n) is 2.79. The van der Waals surface area contributed by atoms with E-state index in [1.165, 1.54) is 0 Å². The van der Waals surface area contributed by atoms with Crippen LogP contribution in [0.25, 0.3) is 0 Å². The smallest absolute Gasteiger partial charge is 0.137 e. The highest BCUT2D eigenvalue weighted by atomic mass is 35.5. The Morgan fingerprint density at radius 3 is 2.45 bits per heavy atom. The first-order valence-electron chi connectivity index (χ1n) is 6.76. The third-order valence-corrected chi connectivity index (χ3v) is 3.10. The van der Waals surface area contributed by atoms with Gasteiger partial charge in [-0.2, -0.15) is 0 Å². The van der Waals surface area contributed by atoms with Crippen molar-refractivity contribution in [1.82, 2.24) is 4.98 Å². The normalized spacial score (nSPS) is 10.2. The summed E-state index contributed by atoms with van der Waals surface area (Å²) in [5.41, 5.74) is 0. The summed E-state index contributed by atoms with van der Waals surface area (Å²) in [6.07, 6.45) is 6.51. The molecule has 0 radical (unpaired) electrons. The summed E-state index contributed by atoms with van der Waals surface area (Å²) in [5.74, 6) is 1.57. The summed E-state index contributed by atoms with van der Waals surface area (Å²) < 4.78 is 11.2. The van der Waals surface area contributed by atoms with Crippen LogP contribution in [-0.4, -0.2) is 18.2 Å². The van der Waals surface area contributed by atoms with Gasteiger partial charge in [0.05, 0.1) is 24.4 Å². The van der Waals surface area contributed by atoms with Gasteiger partial charge in [-0.25, -0.2) is 0 Å². The molecule has 2 aromatic rings. The zero-order chi connectivity index (χ0) is 14.0. The number of rotatable bonds is 8. The van der Waals surface area contributed by atoms with Crippen LogP contribution in [0.15, 0.2) is 48.8 Å². The minimum atomic E-state index is 0.660. The molecule has 1 aromatic carbocycles. The predicted molar refractivity (Wildman–Crippen MR) is 80.5 cm³/mol. The van der Waals surface area contributed by atoms with E-state index in [9.17, 15) is 0 Å². The highest BCUT2D eigenvalue weighted by molar-refractivity contribution is 6.32. The second-order valence-electron chi connectivity index (χ2n) is 4.38. The number of hydrogen-bond acceptors (Lipinski definition) is 3. The molecule has 1 heterocycles. The van der Waals surface area contributed by atoms with Crippen molar-refractivity contribution in [2.45, 2.75) is 19.3 Å². The van der Waals surface area contributed by atoms with Gasteiger partial charge in [0, 0.05) is 6.20 Å². The first-order valence-corrected chi connectivity index (χ1v) is 7.14. The fourth-order valence-corrected chi connectivity index (χ4v) is 1.94. The summed E-state index contributed by atoms with van der Waals surface area (Å²) in [7, 11) is 0. The van der Waals surface area contributed by atoms with Gasteiger partial charge in [0.1, 0.15) is 11.5 Å².